The molecule has 0 aromatic heterocycles. The highest BCUT2D eigenvalue weighted by atomic mass is 16.6. The molecule has 0 amide bonds. The van der Waals surface area contributed by atoms with E-state index in [9.17, 15) is 0 Å². The van der Waals surface area contributed by atoms with Crippen molar-refractivity contribution in [1.29, 1.82) is 0 Å². The Morgan fingerprint density at radius 2 is 1.60 bits per heavy atom. The molecule has 3 aromatic carbocycles. The van der Waals surface area contributed by atoms with Crippen molar-refractivity contribution in [3.63, 3.8) is 0 Å². The largest absolute Gasteiger partial charge is 0.392 e. The van der Waals surface area contributed by atoms with Gasteiger partial charge in [-0.2, -0.15) is 0 Å². The van der Waals surface area contributed by atoms with Gasteiger partial charge in [0.25, 0.3) is 0 Å². The van der Waals surface area contributed by atoms with E-state index in [4.69, 9.17) is 4.84 Å². The topological polar surface area (TPSA) is 21.6 Å². The quantitative estimate of drug-likeness (QED) is 0.583. The molecule has 2 nitrogen and oxygen atoms in total. The maximum Gasteiger partial charge on any atom is 0.136 e. The third kappa shape index (κ3) is 2.53. The van der Waals surface area contributed by atoms with Crippen LogP contribution < -0.4 is 0 Å². The van der Waals surface area contributed by atoms with Gasteiger partial charge in [0.1, 0.15) is 6.10 Å². The third-order valence-corrected chi connectivity index (χ3v) is 5.60. The molecule has 1 saturated carbocycles. The average Bonchev–Trinajstić information content (AvgIpc) is 3.12. The highest BCUT2D eigenvalue weighted by molar-refractivity contribution is 6.05. The highest BCUT2D eigenvalue weighted by Gasteiger charge is 2.36. The third-order valence-electron chi connectivity index (χ3n) is 5.60. The number of rotatable bonds is 2. The first kappa shape index (κ1) is 14.7. The Morgan fingerprint density at radius 1 is 0.800 bits per heavy atom. The smallest absolute Gasteiger partial charge is 0.136 e. The van der Waals surface area contributed by atoms with Crippen LogP contribution in [0.1, 0.15) is 31.2 Å². The highest BCUT2D eigenvalue weighted by Crippen LogP contribution is 2.36. The molecule has 3 aromatic rings. The van der Waals surface area contributed by atoms with Crippen LogP contribution in [-0.4, -0.2) is 11.8 Å². The van der Waals surface area contributed by atoms with Crippen LogP contribution in [0.5, 0.6) is 0 Å². The van der Waals surface area contributed by atoms with Crippen LogP contribution in [0.4, 0.5) is 0 Å². The van der Waals surface area contributed by atoms with Crippen LogP contribution in [0.15, 0.2) is 71.9 Å². The minimum absolute atomic E-state index is 0.296. The Balaban J connectivity index is 1.57. The van der Waals surface area contributed by atoms with Gasteiger partial charge in [-0.15, -0.1) is 0 Å². The molecular weight excluding hydrogens is 306 g/mol. The van der Waals surface area contributed by atoms with E-state index < -0.39 is 0 Å². The van der Waals surface area contributed by atoms with Crippen molar-refractivity contribution < 1.29 is 4.84 Å². The molecule has 2 heteroatoms. The zero-order valence-corrected chi connectivity index (χ0v) is 14.2. The van der Waals surface area contributed by atoms with E-state index in [-0.39, 0.29) is 0 Å². The number of fused-ring (bicyclic) bond motifs is 2. The molecule has 124 valence electrons. The Morgan fingerprint density at radius 3 is 2.60 bits per heavy atom. The van der Waals surface area contributed by atoms with E-state index in [1.807, 2.05) is 0 Å². The molecule has 2 atom stereocenters. The Kier molecular flexibility index (Phi) is 3.55. The van der Waals surface area contributed by atoms with Gasteiger partial charge in [-0.05, 0) is 47.2 Å². The summed E-state index contributed by atoms with van der Waals surface area (Å²) in [5.74, 6) is 0.469. The standard InChI is InChI=1S/C23H21NO/c1-2-11-19-16(7-1)8-6-13-20(19)17-9-5-10-18(15-17)23-21-12-3-4-14-22(21)25-24-23/h1-2,5-11,13,15,21-22H,3-4,12,14H2/t21-,22+/m1/s1. The summed E-state index contributed by atoms with van der Waals surface area (Å²) in [6.07, 6.45) is 5.18. The predicted molar refractivity (Wildman–Crippen MR) is 103 cm³/mol. The molecule has 25 heavy (non-hydrogen) atoms. The fourth-order valence-electron chi connectivity index (χ4n) is 4.32. The molecule has 0 spiro atoms. The lowest BCUT2D eigenvalue weighted by atomic mass is 9.81. The molecular formula is C23H21NO. The van der Waals surface area contributed by atoms with Crippen LogP contribution in [0.2, 0.25) is 0 Å². The van der Waals surface area contributed by atoms with E-state index in [0.717, 1.165) is 12.1 Å². The van der Waals surface area contributed by atoms with Crippen molar-refractivity contribution >= 4 is 16.5 Å². The number of hydrogen-bond donors (Lipinski definition) is 0. The van der Waals surface area contributed by atoms with Crippen molar-refractivity contribution in [2.45, 2.75) is 31.8 Å². The Bertz CT molecular complexity index is 954. The van der Waals surface area contributed by atoms with Crippen molar-refractivity contribution in [3.05, 3.63) is 72.3 Å². The molecule has 0 unspecified atom stereocenters. The average molecular weight is 327 g/mol. The maximum absolute atomic E-state index is 5.73. The van der Waals surface area contributed by atoms with Crippen LogP contribution in [0.3, 0.4) is 0 Å². The zero-order chi connectivity index (χ0) is 16.6. The summed E-state index contributed by atoms with van der Waals surface area (Å²) in [6.45, 7) is 0. The van der Waals surface area contributed by atoms with Gasteiger partial charge in [0, 0.05) is 11.5 Å². The molecule has 1 heterocycles. The molecule has 5 rings (SSSR count). The minimum atomic E-state index is 0.296. The van der Waals surface area contributed by atoms with Crippen molar-refractivity contribution in [2.75, 3.05) is 0 Å². The molecule has 0 radical (unpaired) electrons. The predicted octanol–water partition coefficient (Wildman–Crippen LogP) is 5.80. The summed E-state index contributed by atoms with van der Waals surface area (Å²) < 4.78 is 0. The van der Waals surface area contributed by atoms with Crippen molar-refractivity contribution in [2.24, 2.45) is 11.1 Å². The summed E-state index contributed by atoms with van der Waals surface area (Å²) >= 11 is 0. The summed E-state index contributed by atoms with van der Waals surface area (Å²) in [6, 6.07) is 23.9. The Labute approximate surface area is 148 Å². The first-order chi connectivity index (χ1) is 12.4. The van der Waals surface area contributed by atoms with Gasteiger partial charge >= 0.3 is 0 Å². The lowest BCUT2D eigenvalue weighted by molar-refractivity contribution is 0.0397. The van der Waals surface area contributed by atoms with Gasteiger partial charge in [0.05, 0.1) is 5.71 Å². The second kappa shape index (κ2) is 6.03. The van der Waals surface area contributed by atoms with E-state index in [2.05, 4.69) is 71.9 Å². The first-order valence-corrected chi connectivity index (χ1v) is 9.22. The SMILES string of the molecule is c1cc(C2=NO[C@H]3CCCC[C@@H]23)cc(-c2cccc3ccccc23)c1. The van der Waals surface area contributed by atoms with Gasteiger partial charge in [-0.3, -0.25) is 0 Å². The number of nitrogens with zero attached hydrogens (tertiary/aromatic N) is 1. The molecule has 0 bridgehead atoms. The van der Waals surface area contributed by atoms with Crippen LogP contribution in [0, 0.1) is 5.92 Å². The van der Waals surface area contributed by atoms with Crippen LogP contribution >= 0.6 is 0 Å². The van der Waals surface area contributed by atoms with Gasteiger partial charge in [0.15, 0.2) is 0 Å². The fraction of sp³-hybridized carbons (Fsp3) is 0.261. The second-order valence-corrected chi connectivity index (χ2v) is 7.12. The summed E-state index contributed by atoms with van der Waals surface area (Å²) in [7, 11) is 0. The summed E-state index contributed by atoms with van der Waals surface area (Å²) in [5, 5.41) is 7.04. The number of hydrogen-bond acceptors (Lipinski definition) is 2. The Hall–Kier alpha value is -2.61. The van der Waals surface area contributed by atoms with E-state index in [1.165, 1.54) is 46.7 Å². The van der Waals surface area contributed by atoms with E-state index in [0.29, 0.717) is 12.0 Å². The number of benzene rings is 3. The summed E-state index contributed by atoms with van der Waals surface area (Å²) in [5.41, 5.74) is 4.88. The van der Waals surface area contributed by atoms with Gasteiger partial charge in [0.2, 0.25) is 0 Å². The molecule has 1 aliphatic heterocycles. The summed E-state index contributed by atoms with van der Waals surface area (Å²) in [4.78, 5) is 5.73. The van der Waals surface area contributed by atoms with Gasteiger partial charge in [-0.25, -0.2) is 0 Å². The molecule has 2 aliphatic rings. The van der Waals surface area contributed by atoms with Gasteiger partial charge < -0.3 is 4.84 Å². The van der Waals surface area contributed by atoms with Crippen molar-refractivity contribution in [1.82, 2.24) is 0 Å². The van der Waals surface area contributed by atoms with Crippen LogP contribution in [-0.2, 0) is 4.84 Å². The van der Waals surface area contributed by atoms with Gasteiger partial charge in [-0.1, -0.05) is 72.2 Å². The molecule has 0 N–H and O–H groups in total. The molecule has 0 saturated heterocycles. The lowest BCUT2D eigenvalue weighted by Gasteiger charge is -2.23. The number of oxime groups is 1. The first-order valence-electron chi connectivity index (χ1n) is 9.22. The van der Waals surface area contributed by atoms with E-state index >= 15 is 0 Å². The minimum Gasteiger partial charge on any atom is -0.392 e. The van der Waals surface area contributed by atoms with Crippen molar-refractivity contribution in [3.8, 4) is 11.1 Å². The second-order valence-electron chi connectivity index (χ2n) is 7.12. The molecule has 1 fully saturated rings. The normalized spacial score (nSPS) is 22.3. The van der Waals surface area contributed by atoms with Crippen LogP contribution in [0.25, 0.3) is 21.9 Å². The lowest BCUT2D eigenvalue weighted by Crippen LogP contribution is -2.27. The monoisotopic (exact) mass is 327 g/mol. The maximum atomic E-state index is 5.73. The zero-order valence-electron chi connectivity index (χ0n) is 14.2. The molecule has 1 aliphatic carbocycles. The fourth-order valence-corrected chi connectivity index (χ4v) is 4.32. The van der Waals surface area contributed by atoms with E-state index in [1.54, 1.807) is 0 Å².